The van der Waals surface area contributed by atoms with Gasteiger partial charge >= 0.3 is 6.03 Å². The van der Waals surface area contributed by atoms with Crippen molar-refractivity contribution in [2.75, 3.05) is 6.54 Å². The molecule has 0 bridgehead atoms. The average Bonchev–Trinajstić information content (AvgIpc) is 2.50. The normalized spacial score (nSPS) is 36.6. The SMILES string of the molecule is CC(C)CN1C(=O)N=C(N)C12CCCC(C)C2C. The van der Waals surface area contributed by atoms with Crippen molar-refractivity contribution in [3.63, 3.8) is 0 Å². The molecule has 1 aliphatic carbocycles. The first kappa shape index (κ1) is 13.4. The molecule has 4 heteroatoms. The molecule has 102 valence electrons. The number of carbonyl (C=O) groups is 1. The minimum atomic E-state index is -0.307. The first-order valence-corrected chi connectivity index (χ1v) is 7.05. The second-order valence-corrected chi connectivity index (χ2v) is 6.37. The molecule has 18 heavy (non-hydrogen) atoms. The highest BCUT2D eigenvalue weighted by atomic mass is 16.2. The van der Waals surface area contributed by atoms with E-state index in [1.807, 2.05) is 4.90 Å². The van der Waals surface area contributed by atoms with Crippen molar-refractivity contribution in [2.24, 2.45) is 28.5 Å². The van der Waals surface area contributed by atoms with Crippen LogP contribution in [0.5, 0.6) is 0 Å². The van der Waals surface area contributed by atoms with Crippen molar-refractivity contribution in [3.8, 4) is 0 Å². The Balaban J connectivity index is 2.37. The van der Waals surface area contributed by atoms with Gasteiger partial charge in [0, 0.05) is 6.54 Å². The van der Waals surface area contributed by atoms with Gasteiger partial charge in [-0.05, 0) is 24.2 Å². The molecule has 0 aromatic rings. The topological polar surface area (TPSA) is 58.7 Å². The van der Waals surface area contributed by atoms with Crippen molar-refractivity contribution in [1.29, 1.82) is 0 Å². The number of amidine groups is 1. The largest absolute Gasteiger partial charge is 0.385 e. The summed E-state index contributed by atoms with van der Waals surface area (Å²) in [5, 5.41) is 0. The lowest BCUT2D eigenvalue weighted by Crippen LogP contribution is -2.61. The van der Waals surface area contributed by atoms with Gasteiger partial charge in [0.2, 0.25) is 0 Å². The Morgan fingerprint density at radius 1 is 1.50 bits per heavy atom. The highest BCUT2D eigenvalue weighted by Gasteiger charge is 2.54. The van der Waals surface area contributed by atoms with E-state index in [1.54, 1.807) is 0 Å². The molecule has 0 saturated heterocycles. The standard InChI is InChI=1S/C14H25N3O/c1-9(2)8-17-13(18)16-12(15)14(17)7-5-6-10(3)11(14)4/h9-11H,5-8H2,1-4H3,(H2,15,16,18). The minimum absolute atomic E-state index is 0.137. The van der Waals surface area contributed by atoms with Crippen LogP contribution in [0.4, 0.5) is 4.79 Å². The number of carbonyl (C=O) groups excluding carboxylic acids is 1. The Morgan fingerprint density at radius 3 is 2.78 bits per heavy atom. The molecule has 2 rings (SSSR count). The molecule has 0 radical (unpaired) electrons. The van der Waals surface area contributed by atoms with E-state index in [0.717, 1.165) is 19.4 Å². The van der Waals surface area contributed by atoms with E-state index in [1.165, 1.54) is 6.42 Å². The maximum Gasteiger partial charge on any atom is 0.346 e. The van der Waals surface area contributed by atoms with Crippen molar-refractivity contribution in [3.05, 3.63) is 0 Å². The molecule has 2 N–H and O–H groups in total. The van der Waals surface area contributed by atoms with Gasteiger partial charge in [-0.2, -0.15) is 4.99 Å². The van der Waals surface area contributed by atoms with Gasteiger partial charge in [-0.3, -0.25) is 0 Å². The average molecular weight is 251 g/mol. The van der Waals surface area contributed by atoms with Crippen LogP contribution in [0.1, 0.15) is 47.0 Å². The zero-order chi connectivity index (χ0) is 13.5. The van der Waals surface area contributed by atoms with Gasteiger partial charge in [0.05, 0.1) is 0 Å². The summed E-state index contributed by atoms with van der Waals surface area (Å²) in [6.07, 6.45) is 3.32. The van der Waals surface area contributed by atoms with Crippen LogP contribution in [0.15, 0.2) is 4.99 Å². The summed E-state index contributed by atoms with van der Waals surface area (Å²) in [6.45, 7) is 9.49. The molecule has 0 aromatic carbocycles. The van der Waals surface area contributed by atoms with Crippen LogP contribution in [0.2, 0.25) is 0 Å². The molecule has 2 aliphatic rings. The maximum atomic E-state index is 12.1. The zero-order valence-electron chi connectivity index (χ0n) is 11.9. The third-order valence-electron chi connectivity index (χ3n) is 4.74. The molecule has 1 aliphatic heterocycles. The van der Waals surface area contributed by atoms with E-state index in [2.05, 4.69) is 32.7 Å². The number of aliphatic imine (C=N–C) groups is 1. The number of nitrogens with two attached hydrogens (primary N) is 1. The highest BCUT2D eigenvalue weighted by Crippen LogP contribution is 2.44. The minimum Gasteiger partial charge on any atom is -0.385 e. The molecule has 1 fully saturated rings. The van der Waals surface area contributed by atoms with E-state index < -0.39 is 0 Å². The Kier molecular flexibility index (Phi) is 3.39. The van der Waals surface area contributed by atoms with Crippen molar-refractivity contribution >= 4 is 11.9 Å². The summed E-state index contributed by atoms with van der Waals surface area (Å²) < 4.78 is 0. The summed E-state index contributed by atoms with van der Waals surface area (Å²) >= 11 is 0. The Labute approximate surface area is 110 Å². The molecule has 3 atom stereocenters. The van der Waals surface area contributed by atoms with Crippen molar-refractivity contribution < 1.29 is 4.79 Å². The van der Waals surface area contributed by atoms with Gasteiger partial charge in [-0.15, -0.1) is 0 Å². The lowest BCUT2D eigenvalue weighted by molar-refractivity contribution is 0.0649. The number of hydrogen-bond acceptors (Lipinski definition) is 2. The van der Waals surface area contributed by atoms with Crippen molar-refractivity contribution in [1.82, 2.24) is 4.90 Å². The van der Waals surface area contributed by atoms with Gasteiger partial charge in [0.1, 0.15) is 11.4 Å². The van der Waals surface area contributed by atoms with Crippen LogP contribution < -0.4 is 5.73 Å². The molecular weight excluding hydrogens is 226 g/mol. The third-order valence-corrected chi connectivity index (χ3v) is 4.74. The molecule has 1 heterocycles. The number of rotatable bonds is 2. The van der Waals surface area contributed by atoms with Crippen LogP contribution in [0.25, 0.3) is 0 Å². The van der Waals surface area contributed by atoms with E-state index >= 15 is 0 Å². The summed E-state index contributed by atoms with van der Waals surface area (Å²) in [5.41, 5.74) is 5.83. The lowest BCUT2D eigenvalue weighted by Gasteiger charge is -2.48. The molecule has 3 unspecified atom stereocenters. The number of hydrogen-bond donors (Lipinski definition) is 1. The Bertz CT molecular complexity index is 377. The molecule has 2 amide bonds. The summed E-state index contributed by atoms with van der Waals surface area (Å²) in [4.78, 5) is 18.1. The smallest absolute Gasteiger partial charge is 0.346 e. The van der Waals surface area contributed by atoms with Crippen LogP contribution in [0.3, 0.4) is 0 Å². The zero-order valence-corrected chi connectivity index (χ0v) is 11.9. The van der Waals surface area contributed by atoms with E-state index in [-0.39, 0.29) is 11.6 Å². The number of nitrogens with zero attached hydrogens (tertiary/aromatic N) is 2. The van der Waals surface area contributed by atoms with Crippen LogP contribution in [0, 0.1) is 17.8 Å². The van der Waals surface area contributed by atoms with Crippen molar-refractivity contribution in [2.45, 2.75) is 52.5 Å². The fourth-order valence-corrected chi connectivity index (χ4v) is 3.56. The number of urea groups is 1. The molecule has 0 aromatic heterocycles. The first-order chi connectivity index (χ1) is 8.39. The molecule has 1 saturated carbocycles. The predicted octanol–water partition coefficient (Wildman–Crippen LogP) is 2.63. The second kappa shape index (κ2) is 4.56. The lowest BCUT2D eigenvalue weighted by atomic mass is 9.67. The monoisotopic (exact) mass is 251 g/mol. The van der Waals surface area contributed by atoms with Crippen LogP contribution in [-0.2, 0) is 0 Å². The maximum absolute atomic E-state index is 12.1. The molecule has 4 nitrogen and oxygen atoms in total. The quantitative estimate of drug-likeness (QED) is 0.820. The first-order valence-electron chi connectivity index (χ1n) is 7.05. The van der Waals surface area contributed by atoms with Gasteiger partial charge < -0.3 is 10.6 Å². The fraction of sp³-hybridized carbons (Fsp3) is 0.857. The fourth-order valence-electron chi connectivity index (χ4n) is 3.56. The van der Waals surface area contributed by atoms with Gasteiger partial charge in [-0.1, -0.05) is 40.5 Å². The van der Waals surface area contributed by atoms with Gasteiger partial charge in [0.25, 0.3) is 0 Å². The predicted molar refractivity (Wildman–Crippen MR) is 73.5 cm³/mol. The van der Waals surface area contributed by atoms with Gasteiger partial charge in [-0.25, -0.2) is 4.79 Å². The third kappa shape index (κ3) is 1.82. The summed E-state index contributed by atoms with van der Waals surface area (Å²) in [7, 11) is 0. The highest BCUT2D eigenvalue weighted by molar-refractivity contribution is 6.06. The van der Waals surface area contributed by atoms with Gasteiger partial charge in [0.15, 0.2) is 0 Å². The van der Waals surface area contributed by atoms with E-state index in [0.29, 0.717) is 23.6 Å². The van der Waals surface area contributed by atoms with Crippen LogP contribution in [-0.4, -0.2) is 28.9 Å². The summed E-state index contributed by atoms with van der Waals surface area (Å²) in [6, 6.07) is -0.137. The van der Waals surface area contributed by atoms with Crippen LogP contribution >= 0.6 is 0 Å². The second-order valence-electron chi connectivity index (χ2n) is 6.37. The number of amides is 2. The Morgan fingerprint density at radius 2 is 2.17 bits per heavy atom. The molecule has 1 spiro atoms. The van der Waals surface area contributed by atoms with E-state index in [9.17, 15) is 4.79 Å². The van der Waals surface area contributed by atoms with E-state index in [4.69, 9.17) is 5.73 Å². The Hall–Kier alpha value is -1.06. The molecular formula is C14H25N3O. The summed E-state index contributed by atoms with van der Waals surface area (Å²) in [5.74, 6) is 1.97.